The Kier molecular flexibility index (Phi) is 7.67. The summed E-state index contributed by atoms with van der Waals surface area (Å²) in [6.07, 6.45) is 0. The number of amides is 2. The number of fused-ring (bicyclic) bond motifs is 1. The summed E-state index contributed by atoms with van der Waals surface area (Å²) >= 11 is 0. The van der Waals surface area contributed by atoms with Gasteiger partial charge in [0.15, 0.2) is 17.3 Å². The highest BCUT2D eigenvalue weighted by atomic mass is 16.6. The van der Waals surface area contributed by atoms with Crippen molar-refractivity contribution in [1.29, 1.82) is 0 Å². The summed E-state index contributed by atoms with van der Waals surface area (Å²) in [5.74, 6) is 0.589. The van der Waals surface area contributed by atoms with Gasteiger partial charge in [0.1, 0.15) is 13.2 Å². The van der Waals surface area contributed by atoms with Crippen molar-refractivity contribution in [3.8, 4) is 11.5 Å². The first-order valence-corrected chi connectivity index (χ1v) is 11.7. The Morgan fingerprint density at radius 3 is 2.23 bits per heavy atom. The molecule has 1 saturated heterocycles. The van der Waals surface area contributed by atoms with E-state index in [0.29, 0.717) is 74.3 Å². The lowest BCUT2D eigenvalue weighted by molar-refractivity contribution is -0.121. The first-order valence-electron chi connectivity index (χ1n) is 11.7. The second-order valence-electron chi connectivity index (χ2n) is 8.72. The van der Waals surface area contributed by atoms with Gasteiger partial charge >= 0.3 is 0 Å². The van der Waals surface area contributed by atoms with E-state index in [2.05, 4.69) is 5.32 Å². The van der Waals surface area contributed by atoms with Crippen molar-refractivity contribution >= 4 is 23.3 Å². The van der Waals surface area contributed by atoms with E-state index in [0.717, 1.165) is 5.56 Å². The SMILES string of the molecule is COCc1ccc(C(=O)N2CCN(C(C)C(=O)Nc3cc4c(cc3C(C)=O)OCCO4)CC2)cc1. The van der Waals surface area contributed by atoms with Gasteiger partial charge in [0, 0.05) is 50.5 Å². The predicted molar refractivity (Wildman–Crippen MR) is 130 cm³/mol. The van der Waals surface area contributed by atoms with Gasteiger partial charge in [-0.05, 0) is 37.6 Å². The van der Waals surface area contributed by atoms with Crippen LogP contribution in [-0.4, -0.2) is 79.9 Å². The van der Waals surface area contributed by atoms with Gasteiger partial charge < -0.3 is 24.4 Å². The van der Waals surface area contributed by atoms with Crippen molar-refractivity contribution in [2.24, 2.45) is 0 Å². The number of benzene rings is 2. The number of ketones is 1. The number of anilines is 1. The van der Waals surface area contributed by atoms with Crippen molar-refractivity contribution in [3.05, 3.63) is 53.1 Å². The molecule has 1 N–H and O–H groups in total. The molecule has 1 unspecified atom stereocenters. The number of ether oxygens (including phenoxy) is 3. The average molecular weight is 482 g/mol. The number of Topliss-reactive ketones (excluding diaryl/α,β-unsaturated/α-hetero) is 1. The molecule has 0 radical (unpaired) electrons. The van der Waals surface area contributed by atoms with E-state index in [1.54, 1.807) is 24.1 Å². The molecule has 0 saturated carbocycles. The lowest BCUT2D eigenvalue weighted by Crippen LogP contribution is -2.54. The van der Waals surface area contributed by atoms with Crippen LogP contribution in [0.4, 0.5) is 5.69 Å². The number of piperazine rings is 1. The van der Waals surface area contributed by atoms with Crippen molar-refractivity contribution < 1.29 is 28.6 Å². The molecule has 2 aliphatic heterocycles. The molecule has 0 aliphatic carbocycles. The zero-order valence-corrected chi connectivity index (χ0v) is 20.3. The van der Waals surface area contributed by atoms with Gasteiger partial charge in [0.05, 0.1) is 18.3 Å². The summed E-state index contributed by atoms with van der Waals surface area (Å²) in [7, 11) is 1.64. The van der Waals surface area contributed by atoms with Crippen LogP contribution >= 0.6 is 0 Å². The first-order chi connectivity index (χ1) is 16.9. The lowest BCUT2D eigenvalue weighted by atomic mass is 10.1. The number of methoxy groups -OCH3 is 1. The first kappa shape index (κ1) is 24.7. The van der Waals surface area contributed by atoms with Crippen LogP contribution in [0.15, 0.2) is 36.4 Å². The third kappa shape index (κ3) is 5.63. The van der Waals surface area contributed by atoms with Gasteiger partial charge in [-0.3, -0.25) is 19.3 Å². The van der Waals surface area contributed by atoms with Crippen LogP contribution in [0, 0.1) is 0 Å². The van der Waals surface area contributed by atoms with E-state index in [9.17, 15) is 14.4 Å². The third-order valence-corrected chi connectivity index (χ3v) is 6.36. The number of nitrogens with one attached hydrogen (secondary N) is 1. The highest BCUT2D eigenvalue weighted by molar-refractivity contribution is 6.05. The van der Waals surface area contributed by atoms with Crippen molar-refractivity contribution in [2.45, 2.75) is 26.5 Å². The molecule has 1 atom stereocenters. The molecule has 0 spiro atoms. The highest BCUT2D eigenvalue weighted by Crippen LogP contribution is 2.36. The van der Waals surface area contributed by atoms with Gasteiger partial charge in [0.2, 0.25) is 5.91 Å². The molecule has 0 aromatic heterocycles. The minimum Gasteiger partial charge on any atom is -0.486 e. The summed E-state index contributed by atoms with van der Waals surface area (Å²) in [6.45, 7) is 6.81. The minimum absolute atomic E-state index is 0.0203. The van der Waals surface area contributed by atoms with Crippen LogP contribution in [0.1, 0.15) is 40.1 Å². The van der Waals surface area contributed by atoms with Gasteiger partial charge in [-0.1, -0.05) is 12.1 Å². The maximum Gasteiger partial charge on any atom is 0.253 e. The van der Waals surface area contributed by atoms with Gasteiger partial charge in [-0.25, -0.2) is 0 Å². The number of carbonyl (C=O) groups excluding carboxylic acids is 3. The van der Waals surface area contributed by atoms with Crippen molar-refractivity contribution in [3.63, 3.8) is 0 Å². The number of rotatable bonds is 7. The number of nitrogens with zero attached hydrogens (tertiary/aromatic N) is 2. The smallest absolute Gasteiger partial charge is 0.253 e. The predicted octanol–water partition coefficient (Wildman–Crippen LogP) is 2.59. The zero-order valence-electron chi connectivity index (χ0n) is 20.3. The quantitative estimate of drug-likeness (QED) is 0.607. The van der Waals surface area contributed by atoms with E-state index in [1.165, 1.54) is 6.92 Å². The number of hydrogen-bond acceptors (Lipinski definition) is 7. The van der Waals surface area contributed by atoms with Crippen LogP contribution in [0.3, 0.4) is 0 Å². The molecule has 9 nitrogen and oxygen atoms in total. The van der Waals surface area contributed by atoms with Crippen LogP contribution in [-0.2, 0) is 16.1 Å². The highest BCUT2D eigenvalue weighted by Gasteiger charge is 2.29. The molecule has 0 bridgehead atoms. The van der Waals surface area contributed by atoms with Crippen molar-refractivity contribution in [1.82, 2.24) is 9.80 Å². The standard InChI is InChI=1S/C26H31N3O6/c1-17(25(31)27-22-15-24-23(34-12-13-35-24)14-21(22)18(2)30)28-8-10-29(11-9-28)26(32)20-6-4-19(5-7-20)16-33-3/h4-7,14-15,17H,8-13,16H2,1-3H3,(H,27,31). The fraction of sp³-hybridized carbons (Fsp3) is 0.423. The molecule has 9 heteroatoms. The van der Waals surface area contributed by atoms with Crippen LogP contribution in [0.5, 0.6) is 11.5 Å². The van der Waals surface area contributed by atoms with E-state index >= 15 is 0 Å². The molecular weight excluding hydrogens is 450 g/mol. The summed E-state index contributed by atoms with van der Waals surface area (Å²) in [5.41, 5.74) is 2.44. The molecule has 186 valence electrons. The second kappa shape index (κ2) is 10.9. The Balaban J connectivity index is 1.36. The van der Waals surface area contributed by atoms with E-state index in [4.69, 9.17) is 14.2 Å². The number of carbonyl (C=O) groups is 3. The topological polar surface area (TPSA) is 97.4 Å². The summed E-state index contributed by atoms with van der Waals surface area (Å²) in [4.78, 5) is 41.9. The van der Waals surface area contributed by atoms with E-state index in [1.807, 2.05) is 36.1 Å². The maximum absolute atomic E-state index is 13.0. The molecule has 4 rings (SSSR count). The zero-order chi connectivity index (χ0) is 24.9. The summed E-state index contributed by atoms with van der Waals surface area (Å²) < 4.78 is 16.3. The normalized spacial score (nSPS) is 16.5. The Morgan fingerprint density at radius 1 is 1.00 bits per heavy atom. The lowest BCUT2D eigenvalue weighted by Gasteiger charge is -2.37. The fourth-order valence-electron chi connectivity index (χ4n) is 4.29. The Labute approximate surface area is 204 Å². The Morgan fingerprint density at radius 2 is 1.63 bits per heavy atom. The van der Waals surface area contributed by atoms with Crippen molar-refractivity contribution in [2.75, 3.05) is 51.8 Å². The summed E-state index contributed by atoms with van der Waals surface area (Å²) in [6, 6.07) is 10.2. The van der Waals surface area contributed by atoms with Crippen LogP contribution in [0.25, 0.3) is 0 Å². The van der Waals surface area contributed by atoms with E-state index < -0.39 is 6.04 Å². The van der Waals surface area contributed by atoms with E-state index in [-0.39, 0.29) is 17.6 Å². The fourth-order valence-corrected chi connectivity index (χ4v) is 4.29. The molecule has 2 amide bonds. The molecule has 35 heavy (non-hydrogen) atoms. The monoisotopic (exact) mass is 481 g/mol. The minimum atomic E-state index is -0.436. The molecule has 2 aromatic carbocycles. The Hall–Kier alpha value is -3.43. The molecular formula is C26H31N3O6. The van der Waals surface area contributed by atoms with Gasteiger partial charge in [0.25, 0.3) is 5.91 Å². The van der Waals surface area contributed by atoms with Crippen LogP contribution < -0.4 is 14.8 Å². The second-order valence-corrected chi connectivity index (χ2v) is 8.72. The largest absolute Gasteiger partial charge is 0.486 e. The van der Waals surface area contributed by atoms with Gasteiger partial charge in [-0.15, -0.1) is 0 Å². The molecule has 2 aromatic rings. The Bertz CT molecular complexity index is 1090. The maximum atomic E-state index is 13.0. The van der Waals surface area contributed by atoms with Gasteiger partial charge in [-0.2, -0.15) is 0 Å². The van der Waals surface area contributed by atoms with Crippen LogP contribution in [0.2, 0.25) is 0 Å². The molecule has 2 aliphatic rings. The summed E-state index contributed by atoms with van der Waals surface area (Å²) in [5, 5.41) is 2.89. The number of hydrogen-bond donors (Lipinski definition) is 1. The molecule has 1 fully saturated rings. The average Bonchev–Trinajstić information content (AvgIpc) is 2.88. The molecule has 2 heterocycles. The third-order valence-electron chi connectivity index (χ3n) is 6.36.